The van der Waals surface area contributed by atoms with Crippen molar-refractivity contribution >= 4 is 0 Å². The van der Waals surface area contributed by atoms with E-state index in [0.29, 0.717) is 0 Å². The van der Waals surface area contributed by atoms with Gasteiger partial charge in [0, 0.05) is 0 Å². The molecule has 1 N–H and O–H groups in total. The number of hydrogen-bond donors (Lipinski definition) is 1. The number of aliphatic hydroxyl groups is 1. The summed E-state index contributed by atoms with van der Waals surface area (Å²) in [5.74, 6) is -1.24. The van der Waals surface area contributed by atoms with Crippen LogP contribution in [0.15, 0.2) is 0 Å². The van der Waals surface area contributed by atoms with Gasteiger partial charge in [-0.15, -0.1) is 0 Å². The fourth-order valence-electron chi connectivity index (χ4n) is 0.855. The number of alkyl halides is 3. The molecule has 9 heavy (non-hydrogen) atoms. The Hall–Kier alpha value is -0.250. The first-order chi connectivity index (χ1) is 4.00. The van der Waals surface area contributed by atoms with E-state index in [2.05, 4.69) is 0 Å². The molecule has 1 aliphatic rings. The summed E-state index contributed by atoms with van der Waals surface area (Å²) in [5.41, 5.74) is 0. The lowest BCUT2D eigenvalue weighted by Gasteiger charge is -2.32. The molecule has 1 rings (SSSR count). The zero-order valence-electron chi connectivity index (χ0n) is 4.65. The summed E-state index contributed by atoms with van der Waals surface area (Å²) in [6.45, 7) is 0. The second kappa shape index (κ2) is 1.87. The minimum Gasteiger partial charge on any atom is -0.393 e. The van der Waals surface area contributed by atoms with E-state index in [4.69, 9.17) is 5.11 Å². The molecule has 0 atom stereocenters. The Balaban J connectivity index is 2.32. The molecule has 0 heterocycles. The van der Waals surface area contributed by atoms with Crippen molar-refractivity contribution < 1.29 is 18.3 Å². The molecule has 0 amide bonds. The first-order valence-corrected chi connectivity index (χ1v) is 2.75. The molecule has 1 aliphatic carbocycles. The van der Waals surface area contributed by atoms with Gasteiger partial charge < -0.3 is 5.11 Å². The van der Waals surface area contributed by atoms with E-state index in [9.17, 15) is 13.2 Å². The molecule has 0 aromatic rings. The number of rotatable bonds is 0. The maximum Gasteiger partial charge on any atom is 0.392 e. The van der Waals surface area contributed by atoms with Crippen molar-refractivity contribution in [2.45, 2.75) is 25.1 Å². The first-order valence-electron chi connectivity index (χ1n) is 2.75. The third kappa shape index (κ3) is 1.36. The third-order valence-corrected chi connectivity index (χ3v) is 1.58. The molecule has 1 fully saturated rings. The quantitative estimate of drug-likeness (QED) is 0.538. The Morgan fingerprint density at radius 3 is 1.78 bits per heavy atom. The second-order valence-corrected chi connectivity index (χ2v) is 2.36. The summed E-state index contributed by atoms with van der Waals surface area (Å²) in [6.07, 6.45) is -5.01. The molecule has 0 aromatic heterocycles. The van der Waals surface area contributed by atoms with Crippen molar-refractivity contribution in [1.82, 2.24) is 0 Å². The van der Waals surface area contributed by atoms with E-state index in [1.807, 2.05) is 0 Å². The van der Waals surface area contributed by atoms with Crippen LogP contribution in [0.1, 0.15) is 12.8 Å². The average molecular weight is 140 g/mol. The topological polar surface area (TPSA) is 20.2 Å². The molecule has 0 aromatic carbocycles. The van der Waals surface area contributed by atoms with Crippen LogP contribution in [0.4, 0.5) is 13.2 Å². The van der Waals surface area contributed by atoms with E-state index in [-0.39, 0.29) is 12.8 Å². The maximum atomic E-state index is 11.6. The van der Waals surface area contributed by atoms with Crippen molar-refractivity contribution in [2.75, 3.05) is 0 Å². The standard InChI is InChI=1S/C5H7F3O/c6-5(7,8)3-1-4(9)2-3/h3-4,9H,1-2H2. The lowest BCUT2D eigenvalue weighted by Crippen LogP contribution is -2.38. The van der Waals surface area contributed by atoms with Gasteiger partial charge in [0.25, 0.3) is 0 Å². The molecular formula is C5H7F3O. The first kappa shape index (κ1) is 6.86. The van der Waals surface area contributed by atoms with Gasteiger partial charge in [-0.25, -0.2) is 0 Å². The Kier molecular flexibility index (Phi) is 1.42. The van der Waals surface area contributed by atoms with Crippen molar-refractivity contribution in [2.24, 2.45) is 5.92 Å². The van der Waals surface area contributed by atoms with Gasteiger partial charge in [0.15, 0.2) is 0 Å². The largest absolute Gasteiger partial charge is 0.393 e. The normalized spacial score (nSPS) is 36.0. The van der Waals surface area contributed by atoms with Crippen LogP contribution in [-0.4, -0.2) is 17.4 Å². The highest BCUT2D eigenvalue weighted by molar-refractivity contribution is 4.83. The van der Waals surface area contributed by atoms with Gasteiger partial charge in [-0.1, -0.05) is 0 Å². The minimum absolute atomic E-state index is 0.108. The molecule has 54 valence electrons. The number of hydrogen-bond acceptors (Lipinski definition) is 1. The monoisotopic (exact) mass is 140 g/mol. The van der Waals surface area contributed by atoms with Crippen LogP contribution in [0, 0.1) is 5.92 Å². The van der Waals surface area contributed by atoms with Crippen molar-refractivity contribution in [1.29, 1.82) is 0 Å². The van der Waals surface area contributed by atoms with Gasteiger partial charge in [-0.05, 0) is 12.8 Å². The second-order valence-electron chi connectivity index (χ2n) is 2.36. The highest BCUT2D eigenvalue weighted by atomic mass is 19.4. The molecule has 4 heteroatoms. The molecule has 0 aliphatic heterocycles. The molecule has 0 bridgehead atoms. The Morgan fingerprint density at radius 1 is 1.22 bits per heavy atom. The summed E-state index contributed by atoms with van der Waals surface area (Å²) in [6, 6.07) is 0. The van der Waals surface area contributed by atoms with E-state index < -0.39 is 18.2 Å². The van der Waals surface area contributed by atoms with Gasteiger partial charge in [-0.3, -0.25) is 0 Å². The van der Waals surface area contributed by atoms with E-state index in [1.54, 1.807) is 0 Å². The third-order valence-electron chi connectivity index (χ3n) is 1.58. The lowest BCUT2D eigenvalue weighted by molar-refractivity contribution is -0.213. The fraction of sp³-hybridized carbons (Fsp3) is 1.00. The highest BCUT2D eigenvalue weighted by Crippen LogP contribution is 2.40. The summed E-state index contributed by atoms with van der Waals surface area (Å²) in [5, 5.41) is 8.48. The maximum absolute atomic E-state index is 11.6. The predicted octanol–water partition coefficient (Wildman–Crippen LogP) is 1.32. The summed E-state index contributed by atoms with van der Waals surface area (Å²) >= 11 is 0. The van der Waals surface area contributed by atoms with Crippen molar-refractivity contribution in [3.63, 3.8) is 0 Å². The number of aliphatic hydroxyl groups excluding tert-OH is 1. The van der Waals surface area contributed by atoms with Gasteiger partial charge in [0.05, 0.1) is 12.0 Å². The molecule has 0 saturated heterocycles. The zero-order valence-corrected chi connectivity index (χ0v) is 4.65. The molecule has 0 radical (unpaired) electrons. The van der Waals surface area contributed by atoms with Gasteiger partial charge in [-0.2, -0.15) is 13.2 Å². The molecule has 0 spiro atoms. The van der Waals surface area contributed by atoms with Crippen molar-refractivity contribution in [3.05, 3.63) is 0 Å². The molecule has 0 unspecified atom stereocenters. The summed E-state index contributed by atoms with van der Waals surface area (Å²) < 4.78 is 34.7. The van der Waals surface area contributed by atoms with E-state index in [1.165, 1.54) is 0 Å². The zero-order chi connectivity index (χ0) is 7.07. The Morgan fingerprint density at radius 2 is 1.67 bits per heavy atom. The smallest absolute Gasteiger partial charge is 0.392 e. The average Bonchev–Trinajstić information content (AvgIpc) is 1.55. The fourth-order valence-corrected chi connectivity index (χ4v) is 0.855. The summed E-state index contributed by atoms with van der Waals surface area (Å²) in [7, 11) is 0. The van der Waals surface area contributed by atoms with Gasteiger partial charge in [0.1, 0.15) is 0 Å². The van der Waals surface area contributed by atoms with Crippen LogP contribution >= 0.6 is 0 Å². The molecule has 1 nitrogen and oxygen atoms in total. The van der Waals surface area contributed by atoms with Gasteiger partial charge in [0.2, 0.25) is 0 Å². The van der Waals surface area contributed by atoms with Crippen LogP contribution in [0.3, 0.4) is 0 Å². The van der Waals surface area contributed by atoms with Crippen LogP contribution < -0.4 is 0 Å². The lowest BCUT2D eigenvalue weighted by atomic mass is 9.82. The van der Waals surface area contributed by atoms with Crippen LogP contribution in [0.25, 0.3) is 0 Å². The Bertz CT molecular complexity index is 103. The van der Waals surface area contributed by atoms with Gasteiger partial charge >= 0.3 is 6.18 Å². The Labute approximate surface area is 50.5 Å². The predicted molar refractivity (Wildman–Crippen MR) is 24.8 cm³/mol. The van der Waals surface area contributed by atoms with Crippen molar-refractivity contribution in [3.8, 4) is 0 Å². The number of halogens is 3. The highest BCUT2D eigenvalue weighted by Gasteiger charge is 2.47. The van der Waals surface area contributed by atoms with E-state index >= 15 is 0 Å². The molecule has 1 saturated carbocycles. The van der Waals surface area contributed by atoms with E-state index in [0.717, 1.165) is 0 Å². The summed E-state index contributed by atoms with van der Waals surface area (Å²) in [4.78, 5) is 0. The SMILES string of the molecule is OC1CC(C(F)(F)F)C1. The van der Waals surface area contributed by atoms with Crippen LogP contribution in [0.5, 0.6) is 0 Å². The van der Waals surface area contributed by atoms with Crippen LogP contribution in [0.2, 0.25) is 0 Å². The minimum atomic E-state index is -4.08. The van der Waals surface area contributed by atoms with Crippen LogP contribution in [-0.2, 0) is 0 Å². The molecular weight excluding hydrogens is 133 g/mol.